The lowest BCUT2D eigenvalue weighted by Crippen LogP contribution is -2.43. The first-order valence-electron chi connectivity index (χ1n) is 5.33. The quantitative estimate of drug-likeness (QED) is 0.368. The summed E-state index contributed by atoms with van der Waals surface area (Å²) in [5.41, 5.74) is -1.25. The number of nitro groups is 2. The number of halogens is 1. The van der Waals surface area contributed by atoms with Crippen molar-refractivity contribution < 1.29 is 19.6 Å². The van der Waals surface area contributed by atoms with Crippen molar-refractivity contribution in [3.63, 3.8) is 0 Å². The Labute approximate surface area is 126 Å². The lowest BCUT2D eigenvalue weighted by atomic mass is 10.2. The van der Waals surface area contributed by atoms with E-state index in [9.17, 15) is 25.3 Å². The van der Waals surface area contributed by atoms with Gasteiger partial charge >= 0.3 is 0 Å². The monoisotopic (exact) mass is 356 g/mol. The summed E-state index contributed by atoms with van der Waals surface area (Å²) < 4.78 is 2.48. The van der Waals surface area contributed by atoms with Crippen LogP contribution in [-0.4, -0.2) is 9.85 Å². The van der Waals surface area contributed by atoms with Crippen LogP contribution in [0.1, 0.15) is 0 Å². The topological polar surface area (TPSA) is 139 Å². The number of rotatable bonds is 2. The highest BCUT2D eigenvalue weighted by Crippen LogP contribution is 2.27. The molecule has 0 aliphatic heterocycles. The van der Waals surface area contributed by atoms with Crippen LogP contribution < -0.4 is 15.6 Å². The average Bonchev–Trinajstić information content (AvgIpc) is 2.39. The van der Waals surface area contributed by atoms with Gasteiger partial charge < -0.3 is 5.11 Å². The third kappa shape index (κ3) is 5.03. The van der Waals surface area contributed by atoms with Crippen molar-refractivity contribution in [1.29, 1.82) is 0 Å². The van der Waals surface area contributed by atoms with Gasteiger partial charge in [-0.15, -0.1) is 0 Å². The van der Waals surface area contributed by atoms with Gasteiger partial charge in [0.15, 0.2) is 6.20 Å². The van der Waals surface area contributed by atoms with Crippen LogP contribution in [0.5, 0.6) is 5.75 Å². The number of nitro benzene ring substituents is 2. The number of aromatic nitrogens is 1. The van der Waals surface area contributed by atoms with Gasteiger partial charge in [0, 0.05) is 12.1 Å². The molecular weight excluding hydrogens is 348 g/mol. The molecule has 0 aliphatic carbocycles. The Morgan fingerprint density at radius 3 is 2.24 bits per heavy atom. The number of benzene rings is 1. The molecular formula is C11H9BrN4O5. The molecule has 2 rings (SSSR count). The van der Waals surface area contributed by atoms with E-state index >= 15 is 0 Å². The standard InChI is InChI=1S/C6H4N2O5.C5H6BrN2/c9-6-2-1-4(7(10)11)3-5(6)8(12)13;6-5-2-1-3-8(7)4-5/h1-3,9H;1-4H,7H2/q;+1/p-1. The number of hydrogen-bond acceptors (Lipinski definition) is 6. The molecule has 21 heavy (non-hydrogen) atoms. The van der Waals surface area contributed by atoms with Gasteiger partial charge in [0.25, 0.3) is 11.4 Å². The van der Waals surface area contributed by atoms with E-state index in [0.29, 0.717) is 6.07 Å². The summed E-state index contributed by atoms with van der Waals surface area (Å²) >= 11 is 3.26. The van der Waals surface area contributed by atoms with Crippen LogP contribution in [0.25, 0.3) is 0 Å². The zero-order chi connectivity index (χ0) is 16.0. The summed E-state index contributed by atoms with van der Waals surface area (Å²) in [4.78, 5) is 18.6. The molecule has 0 bridgehead atoms. The molecule has 1 aromatic carbocycles. The number of nitrogen functional groups attached to an aromatic ring is 1. The molecule has 0 fully saturated rings. The Balaban J connectivity index is 0.000000235. The fraction of sp³-hybridized carbons (Fsp3) is 0. The van der Waals surface area contributed by atoms with E-state index in [4.69, 9.17) is 5.84 Å². The maximum absolute atomic E-state index is 10.8. The average molecular weight is 357 g/mol. The number of nitrogens with two attached hydrogens (primary N) is 1. The molecule has 2 N–H and O–H groups in total. The molecule has 0 radical (unpaired) electrons. The minimum Gasteiger partial charge on any atom is -0.868 e. The second kappa shape index (κ2) is 7.14. The van der Waals surface area contributed by atoms with Gasteiger partial charge in [-0.25, -0.2) is 5.84 Å². The predicted molar refractivity (Wildman–Crippen MR) is 73.7 cm³/mol. The maximum Gasteiger partial charge on any atom is 0.276 e. The molecule has 0 spiro atoms. The molecule has 0 saturated heterocycles. The van der Waals surface area contributed by atoms with Crippen molar-refractivity contribution in [3.8, 4) is 5.75 Å². The predicted octanol–water partition coefficient (Wildman–Crippen LogP) is 1.03. The summed E-state index contributed by atoms with van der Waals surface area (Å²) in [5.74, 6) is 4.51. The summed E-state index contributed by atoms with van der Waals surface area (Å²) in [6.07, 6.45) is 3.55. The van der Waals surface area contributed by atoms with E-state index in [1.165, 1.54) is 4.68 Å². The van der Waals surface area contributed by atoms with Crippen LogP contribution in [0.15, 0.2) is 47.2 Å². The van der Waals surface area contributed by atoms with E-state index in [1.54, 1.807) is 12.4 Å². The molecule has 0 amide bonds. The first-order valence-corrected chi connectivity index (χ1v) is 6.12. The van der Waals surface area contributed by atoms with Gasteiger partial charge in [-0.1, -0.05) is 10.7 Å². The Morgan fingerprint density at radius 2 is 1.81 bits per heavy atom. The number of pyridine rings is 1. The van der Waals surface area contributed by atoms with E-state index in [2.05, 4.69) is 15.9 Å². The summed E-state index contributed by atoms with van der Waals surface area (Å²) in [7, 11) is 0. The highest BCUT2D eigenvalue weighted by atomic mass is 79.9. The largest absolute Gasteiger partial charge is 0.868 e. The van der Waals surface area contributed by atoms with E-state index in [0.717, 1.165) is 16.6 Å². The zero-order valence-corrected chi connectivity index (χ0v) is 12.0. The van der Waals surface area contributed by atoms with Crippen LogP contribution in [0, 0.1) is 20.2 Å². The lowest BCUT2D eigenvalue weighted by Gasteiger charge is -2.03. The van der Waals surface area contributed by atoms with Gasteiger partial charge in [-0.3, -0.25) is 20.2 Å². The molecule has 9 nitrogen and oxygen atoms in total. The first-order chi connectivity index (χ1) is 9.81. The van der Waals surface area contributed by atoms with Crippen LogP contribution >= 0.6 is 15.9 Å². The normalized spacial score (nSPS) is 9.38. The second-order valence-corrected chi connectivity index (χ2v) is 4.55. The van der Waals surface area contributed by atoms with Gasteiger partial charge in [-0.2, -0.15) is 0 Å². The smallest absolute Gasteiger partial charge is 0.276 e. The molecule has 110 valence electrons. The second-order valence-electron chi connectivity index (χ2n) is 3.64. The van der Waals surface area contributed by atoms with Crippen molar-refractivity contribution in [2.24, 2.45) is 0 Å². The maximum atomic E-state index is 10.8. The van der Waals surface area contributed by atoms with Crippen LogP contribution in [0.2, 0.25) is 0 Å². The highest BCUT2D eigenvalue weighted by molar-refractivity contribution is 9.10. The first kappa shape index (κ1) is 16.3. The third-order valence-corrected chi connectivity index (χ3v) is 2.61. The molecule has 10 heteroatoms. The molecule has 0 atom stereocenters. The molecule has 1 aromatic heterocycles. The molecule has 2 aromatic rings. The zero-order valence-electron chi connectivity index (χ0n) is 10.4. The highest BCUT2D eigenvalue weighted by Gasteiger charge is 2.13. The molecule has 0 unspecified atom stereocenters. The van der Waals surface area contributed by atoms with E-state index in [1.807, 2.05) is 12.1 Å². The van der Waals surface area contributed by atoms with Crippen molar-refractivity contribution in [1.82, 2.24) is 0 Å². The summed E-state index contributed by atoms with van der Waals surface area (Å²) in [6, 6.07) is 6.15. The summed E-state index contributed by atoms with van der Waals surface area (Å²) in [6.45, 7) is 0. The van der Waals surface area contributed by atoms with Crippen molar-refractivity contribution >= 4 is 27.3 Å². The Kier molecular flexibility index (Phi) is 5.55. The van der Waals surface area contributed by atoms with Crippen LogP contribution in [0.4, 0.5) is 11.4 Å². The molecule has 1 heterocycles. The Hall–Kier alpha value is -2.75. The van der Waals surface area contributed by atoms with Gasteiger partial charge in [0.05, 0.1) is 20.4 Å². The fourth-order valence-corrected chi connectivity index (χ4v) is 1.61. The Bertz CT molecular complexity index is 662. The van der Waals surface area contributed by atoms with Gasteiger partial charge in [-0.05, 0) is 27.7 Å². The minimum absolute atomic E-state index is 0.466. The SMILES string of the molecule is N[n+]1cccc(Br)c1.O=[N+]([O-])c1ccc([O-])c([N+](=O)[O-])c1. The number of non-ortho nitro benzene ring substituents is 1. The lowest BCUT2D eigenvalue weighted by molar-refractivity contribution is -0.639. The molecule has 0 aliphatic rings. The van der Waals surface area contributed by atoms with Crippen LogP contribution in [0.3, 0.4) is 0 Å². The van der Waals surface area contributed by atoms with Crippen molar-refractivity contribution in [2.75, 3.05) is 5.84 Å². The minimum atomic E-state index is -0.949. The summed E-state index contributed by atoms with van der Waals surface area (Å²) in [5, 5.41) is 31.1. The van der Waals surface area contributed by atoms with E-state index in [-0.39, 0.29) is 0 Å². The molecule has 0 saturated carbocycles. The van der Waals surface area contributed by atoms with Gasteiger partial charge in [0.2, 0.25) is 6.20 Å². The fourth-order valence-electron chi connectivity index (χ4n) is 1.22. The van der Waals surface area contributed by atoms with Crippen molar-refractivity contribution in [3.05, 3.63) is 67.4 Å². The number of nitrogens with zero attached hydrogens (tertiary/aromatic N) is 3. The van der Waals surface area contributed by atoms with Gasteiger partial charge in [0.1, 0.15) is 0 Å². The third-order valence-electron chi connectivity index (χ3n) is 2.14. The Morgan fingerprint density at radius 1 is 1.14 bits per heavy atom. The van der Waals surface area contributed by atoms with Crippen LogP contribution in [-0.2, 0) is 0 Å². The number of hydrogen-bond donors (Lipinski definition) is 1. The van der Waals surface area contributed by atoms with Crippen molar-refractivity contribution in [2.45, 2.75) is 0 Å². The van der Waals surface area contributed by atoms with E-state index < -0.39 is 27.0 Å².